The molecule has 0 heterocycles. The maximum atomic E-state index is 13.1. The zero-order valence-corrected chi connectivity index (χ0v) is 15.9. The third-order valence-corrected chi connectivity index (χ3v) is 5.24. The molecule has 1 atom stereocenters. The van der Waals surface area contributed by atoms with Crippen LogP contribution in [-0.4, -0.2) is 11.9 Å². The SMILES string of the molecule is CC(C)O[PH](=O)c1cccc(C(C)(C)C)c1C(=O)c1ccccc1. The van der Waals surface area contributed by atoms with Crippen molar-refractivity contribution >= 4 is 19.1 Å². The number of hydrogen-bond donors (Lipinski definition) is 0. The monoisotopic (exact) mass is 344 g/mol. The molecular formula is C20H25O3P. The van der Waals surface area contributed by atoms with Gasteiger partial charge in [0.25, 0.3) is 0 Å². The van der Waals surface area contributed by atoms with E-state index in [0.717, 1.165) is 5.56 Å². The summed E-state index contributed by atoms with van der Waals surface area (Å²) in [6.45, 7) is 9.83. The molecular weight excluding hydrogens is 319 g/mol. The number of rotatable bonds is 5. The van der Waals surface area contributed by atoms with Gasteiger partial charge in [-0.25, -0.2) is 0 Å². The van der Waals surface area contributed by atoms with Gasteiger partial charge in [0.2, 0.25) is 8.03 Å². The third-order valence-electron chi connectivity index (χ3n) is 3.70. The van der Waals surface area contributed by atoms with Crippen LogP contribution in [0.3, 0.4) is 0 Å². The third kappa shape index (κ3) is 4.23. The van der Waals surface area contributed by atoms with Crippen LogP contribution in [0.25, 0.3) is 0 Å². The Bertz CT molecular complexity index is 743. The molecule has 2 aromatic carbocycles. The lowest BCUT2D eigenvalue weighted by Crippen LogP contribution is -2.24. The molecule has 0 bridgehead atoms. The second kappa shape index (κ2) is 7.46. The van der Waals surface area contributed by atoms with Gasteiger partial charge in [-0.3, -0.25) is 9.36 Å². The Morgan fingerprint density at radius 1 is 1.00 bits per heavy atom. The fraction of sp³-hybridized carbons (Fsp3) is 0.350. The number of ketones is 1. The normalized spacial score (nSPS) is 13.1. The summed E-state index contributed by atoms with van der Waals surface area (Å²) in [6.07, 6.45) is -0.158. The van der Waals surface area contributed by atoms with E-state index >= 15 is 0 Å². The Balaban J connectivity index is 2.65. The van der Waals surface area contributed by atoms with Crippen LogP contribution in [0.5, 0.6) is 0 Å². The van der Waals surface area contributed by atoms with Gasteiger partial charge in [0, 0.05) is 16.4 Å². The van der Waals surface area contributed by atoms with Crippen molar-refractivity contribution in [2.24, 2.45) is 0 Å². The minimum absolute atomic E-state index is 0.109. The molecule has 3 nitrogen and oxygen atoms in total. The second-order valence-electron chi connectivity index (χ2n) is 7.13. The van der Waals surface area contributed by atoms with Gasteiger partial charge in [-0.1, -0.05) is 63.2 Å². The maximum Gasteiger partial charge on any atom is 0.221 e. The summed E-state index contributed by atoms with van der Waals surface area (Å²) in [5.74, 6) is -0.109. The van der Waals surface area contributed by atoms with Gasteiger partial charge in [0.1, 0.15) is 0 Å². The van der Waals surface area contributed by atoms with Gasteiger partial charge < -0.3 is 4.52 Å². The fourth-order valence-electron chi connectivity index (χ4n) is 2.60. The molecule has 0 amide bonds. The predicted octanol–water partition coefficient (Wildman–Crippen LogP) is 4.74. The van der Waals surface area contributed by atoms with Crippen molar-refractivity contribution in [3.8, 4) is 0 Å². The molecule has 0 spiro atoms. The molecule has 1 unspecified atom stereocenters. The van der Waals surface area contributed by atoms with E-state index in [1.165, 1.54) is 0 Å². The van der Waals surface area contributed by atoms with Gasteiger partial charge >= 0.3 is 0 Å². The highest BCUT2D eigenvalue weighted by Gasteiger charge is 2.27. The Morgan fingerprint density at radius 2 is 1.62 bits per heavy atom. The fourth-order valence-corrected chi connectivity index (χ4v) is 3.84. The average Bonchev–Trinajstić information content (AvgIpc) is 2.52. The number of hydrogen-bond acceptors (Lipinski definition) is 3. The van der Waals surface area contributed by atoms with E-state index in [4.69, 9.17) is 4.52 Å². The van der Waals surface area contributed by atoms with E-state index in [1.54, 1.807) is 18.2 Å². The molecule has 2 rings (SSSR count). The Kier molecular flexibility index (Phi) is 5.79. The zero-order valence-electron chi connectivity index (χ0n) is 14.9. The number of carbonyl (C=O) groups excluding carboxylic acids is 1. The van der Waals surface area contributed by atoms with Gasteiger partial charge in [-0.05, 0) is 30.9 Å². The van der Waals surface area contributed by atoms with E-state index in [-0.39, 0.29) is 17.3 Å². The highest BCUT2D eigenvalue weighted by Crippen LogP contribution is 2.33. The largest absolute Gasteiger partial charge is 0.325 e. The number of carbonyl (C=O) groups is 1. The van der Waals surface area contributed by atoms with Crippen LogP contribution in [0.2, 0.25) is 0 Å². The standard InChI is InChI=1S/C20H25O3P/c1-14(2)23-24(22)17-13-9-12-16(20(3,4)5)18(17)19(21)15-10-7-6-8-11-15/h6-14,24H,1-5H3. The molecule has 0 aliphatic rings. The maximum absolute atomic E-state index is 13.1. The molecule has 0 aliphatic heterocycles. The molecule has 0 fully saturated rings. The number of benzene rings is 2. The molecule has 0 aliphatic carbocycles. The summed E-state index contributed by atoms with van der Waals surface area (Å²) < 4.78 is 18.2. The van der Waals surface area contributed by atoms with E-state index in [9.17, 15) is 9.36 Å². The van der Waals surface area contributed by atoms with Crippen LogP contribution in [-0.2, 0) is 14.5 Å². The summed E-state index contributed by atoms with van der Waals surface area (Å²) in [4.78, 5) is 13.1. The predicted molar refractivity (Wildman–Crippen MR) is 99.9 cm³/mol. The lowest BCUT2D eigenvalue weighted by Gasteiger charge is -2.24. The lowest BCUT2D eigenvalue weighted by molar-refractivity contribution is 0.103. The smallest absolute Gasteiger partial charge is 0.221 e. The van der Waals surface area contributed by atoms with Crippen molar-refractivity contribution in [2.75, 3.05) is 0 Å². The molecule has 128 valence electrons. The molecule has 0 aromatic heterocycles. The van der Waals surface area contributed by atoms with Crippen molar-refractivity contribution in [3.63, 3.8) is 0 Å². The highest BCUT2D eigenvalue weighted by molar-refractivity contribution is 7.48. The van der Waals surface area contributed by atoms with Gasteiger partial charge in [-0.15, -0.1) is 0 Å². The summed E-state index contributed by atoms with van der Waals surface area (Å²) in [5.41, 5.74) is 1.76. The zero-order chi connectivity index (χ0) is 17.9. The minimum Gasteiger partial charge on any atom is -0.325 e. The molecule has 0 saturated carbocycles. The van der Waals surface area contributed by atoms with E-state index in [2.05, 4.69) is 20.8 Å². The Labute approximate surface area is 144 Å². The molecule has 0 saturated heterocycles. The summed E-state index contributed by atoms with van der Waals surface area (Å²) in [6, 6.07) is 14.6. The first-order valence-corrected chi connectivity index (χ1v) is 9.47. The van der Waals surface area contributed by atoms with Gasteiger partial charge in [0.15, 0.2) is 5.78 Å². The van der Waals surface area contributed by atoms with Crippen molar-refractivity contribution < 1.29 is 13.9 Å². The van der Waals surface area contributed by atoms with Crippen LogP contribution in [0.15, 0.2) is 48.5 Å². The molecule has 4 heteroatoms. The summed E-state index contributed by atoms with van der Waals surface area (Å²) in [5, 5.41) is 0.509. The summed E-state index contributed by atoms with van der Waals surface area (Å²) >= 11 is 0. The quantitative estimate of drug-likeness (QED) is 0.581. The lowest BCUT2D eigenvalue weighted by atomic mass is 9.82. The topological polar surface area (TPSA) is 43.4 Å². The first kappa shape index (κ1) is 18.6. The van der Waals surface area contributed by atoms with Crippen LogP contribution in [0.1, 0.15) is 56.1 Å². The highest BCUT2D eigenvalue weighted by atomic mass is 31.1. The molecule has 0 radical (unpaired) electrons. The van der Waals surface area contributed by atoms with Gasteiger partial charge in [-0.2, -0.15) is 0 Å². The van der Waals surface area contributed by atoms with Crippen LogP contribution in [0, 0.1) is 0 Å². The van der Waals surface area contributed by atoms with Crippen LogP contribution < -0.4 is 5.30 Å². The second-order valence-corrected chi connectivity index (χ2v) is 8.48. The van der Waals surface area contributed by atoms with E-state index in [1.807, 2.05) is 44.2 Å². The Hall–Kier alpha value is -1.70. The van der Waals surface area contributed by atoms with E-state index in [0.29, 0.717) is 16.4 Å². The molecule has 24 heavy (non-hydrogen) atoms. The van der Waals surface area contributed by atoms with Crippen molar-refractivity contribution in [3.05, 3.63) is 65.2 Å². The van der Waals surface area contributed by atoms with Crippen LogP contribution >= 0.6 is 8.03 Å². The molecule has 2 aromatic rings. The van der Waals surface area contributed by atoms with Crippen molar-refractivity contribution in [1.82, 2.24) is 0 Å². The minimum atomic E-state index is -2.50. The first-order chi connectivity index (χ1) is 11.2. The van der Waals surface area contributed by atoms with Crippen LogP contribution in [0.4, 0.5) is 0 Å². The Morgan fingerprint density at radius 3 is 2.17 bits per heavy atom. The molecule has 0 N–H and O–H groups in total. The van der Waals surface area contributed by atoms with E-state index < -0.39 is 8.03 Å². The summed E-state index contributed by atoms with van der Waals surface area (Å²) in [7, 11) is -2.50. The first-order valence-electron chi connectivity index (χ1n) is 8.16. The van der Waals surface area contributed by atoms with Crippen molar-refractivity contribution in [1.29, 1.82) is 0 Å². The average molecular weight is 344 g/mol. The van der Waals surface area contributed by atoms with Crippen molar-refractivity contribution in [2.45, 2.75) is 46.1 Å². The van der Waals surface area contributed by atoms with Gasteiger partial charge in [0.05, 0.1) is 6.10 Å².